The smallest absolute Gasteiger partial charge is 0.407 e. The molecule has 0 bridgehead atoms. The maximum Gasteiger partial charge on any atom is 0.407 e. The molecule has 0 radical (unpaired) electrons. The van der Waals surface area contributed by atoms with E-state index in [0.717, 1.165) is 33.8 Å². The van der Waals surface area contributed by atoms with E-state index < -0.39 is 0 Å². The third kappa shape index (κ3) is 23.1. The Bertz CT molecular complexity index is 2140. The second-order valence-electron chi connectivity index (χ2n) is 21.9. The summed E-state index contributed by atoms with van der Waals surface area (Å²) in [6.45, 7) is 43.7. The number of para-hydroxylation sites is 1. The van der Waals surface area contributed by atoms with Crippen LogP contribution in [0.4, 0.5) is 10.5 Å². The van der Waals surface area contributed by atoms with Crippen LogP contribution in [0, 0.1) is 35.5 Å². The second kappa shape index (κ2) is 31.0. The molecule has 13 nitrogen and oxygen atoms in total. The van der Waals surface area contributed by atoms with Gasteiger partial charge in [-0.2, -0.15) is 0 Å². The monoisotopic (exact) mass is 1000 g/mol. The van der Waals surface area contributed by atoms with E-state index in [0.29, 0.717) is 60.9 Å². The van der Waals surface area contributed by atoms with Crippen molar-refractivity contribution in [3.63, 3.8) is 0 Å². The fourth-order valence-electron chi connectivity index (χ4n) is 6.92. The lowest BCUT2D eigenvalue weighted by Crippen LogP contribution is -2.37. The predicted octanol–water partition coefficient (Wildman–Crippen LogP) is 11.8. The average molecular weight is 1000 g/mol. The van der Waals surface area contributed by atoms with Gasteiger partial charge in [0, 0.05) is 60.5 Å². The maximum absolute atomic E-state index is 13.2. The highest BCUT2D eigenvalue weighted by molar-refractivity contribution is 8.01. The minimum Gasteiger partial charge on any atom is -0.447 e. The first-order valence-electron chi connectivity index (χ1n) is 25.7. The van der Waals surface area contributed by atoms with Crippen LogP contribution < -0.4 is 15.5 Å². The molecule has 3 N–H and O–H groups in total. The summed E-state index contributed by atoms with van der Waals surface area (Å²) < 4.78 is 6.81. The van der Waals surface area contributed by atoms with Crippen LogP contribution in [0.3, 0.4) is 0 Å². The van der Waals surface area contributed by atoms with Crippen molar-refractivity contribution in [3.8, 4) is 34.4 Å². The third-order valence-corrected chi connectivity index (χ3v) is 11.5. The minimum absolute atomic E-state index is 0.00670. The first-order valence-corrected chi connectivity index (χ1v) is 26.7. The number of nitrogens with zero attached hydrogens (tertiary/aromatic N) is 5. The first kappa shape index (κ1) is 64.3. The van der Waals surface area contributed by atoms with E-state index in [1.165, 1.54) is 4.90 Å². The number of imide groups is 1. The van der Waals surface area contributed by atoms with Gasteiger partial charge in [0.1, 0.15) is 5.69 Å². The molecular formula is C57H93N7O6S. The van der Waals surface area contributed by atoms with Gasteiger partial charge in [-0.3, -0.25) is 19.3 Å². The molecule has 0 aliphatic carbocycles. The molecule has 3 heterocycles. The van der Waals surface area contributed by atoms with E-state index in [1.54, 1.807) is 11.8 Å². The number of fused-ring (bicyclic) bond motifs is 5. The Morgan fingerprint density at radius 2 is 1.35 bits per heavy atom. The standard InChI is InChI=1S/C24H28N4O.C10H17NO2S.C8H19NO.C8H14.C7H15NO2/c1-16(2)14-21(29)27-15-17-10-6-7-11-18(17)23-22(19-12-8-9-13-20(19)27)25-26-28(23)24(3,4)5;1-6(2)11-9(12)5-8(10(11)13)14-7(3)4;1-6(2)8(10)5-9-7(3)4;1-7(2)5-6-8(3)4;1-5(2)8-7(9)10-6(3)4/h6-13,16H,14-15H2,1-5H3;6-8H,5H2,1-4H3;6-10H,5H2,1-4H3;7-8H,1-4H3;5-6H,1-4H3,(H,8,9). The summed E-state index contributed by atoms with van der Waals surface area (Å²) in [6.07, 6.45) is 0.295. The zero-order valence-corrected chi connectivity index (χ0v) is 48.2. The van der Waals surface area contributed by atoms with Gasteiger partial charge in [0.05, 0.1) is 40.9 Å². The summed E-state index contributed by atoms with van der Waals surface area (Å²) in [5.74, 6) is 7.99. The average Bonchev–Trinajstić information content (AvgIpc) is 3.80. The summed E-state index contributed by atoms with van der Waals surface area (Å²) >= 11 is 1.58. The summed E-state index contributed by atoms with van der Waals surface area (Å²) in [7, 11) is 0. The number of carbonyl (C=O) groups excluding carboxylic acids is 4. The van der Waals surface area contributed by atoms with E-state index >= 15 is 0 Å². The van der Waals surface area contributed by atoms with Crippen molar-refractivity contribution in [3.05, 3.63) is 54.1 Å². The SMILES string of the molecule is CC(C)C#CC(C)C.CC(C)CC(=O)N1Cc2ccccc2-c2c(nnn2C(C)(C)C)-c2ccccc21.CC(C)NC(=O)OC(C)C.CC(C)NCC(O)C(C)C.CC(C)SC1CC(=O)N(C(C)C)C1=O. The van der Waals surface area contributed by atoms with E-state index in [1.807, 2.05) is 115 Å². The van der Waals surface area contributed by atoms with Crippen LogP contribution in [0.5, 0.6) is 0 Å². The number of rotatable bonds is 11. The summed E-state index contributed by atoms with van der Waals surface area (Å²) in [5.41, 5.74) is 5.66. The zero-order chi connectivity index (χ0) is 54.5. The number of ether oxygens (including phenoxy) is 1. The molecule has 4 amide bonds. The van der Waals surface area contributed by atoms with Gasteiger partial charge < -0.3 is 25.4 Å². The van der Waals surface area contributed by atoms with Crippen molar-refractivity contribution < 1.29 is 29.0 Å². The molecular weight excluding hydrogens is 911 g/mol. The Labute approximate surface area is 433 Å². The normalized spacial score (nSPS) is 14.5. The second-order valence-corrected chi connectivity index (χ2v) is 23.7. The van der Waals surface area contributed by atoms with Gasteiger partial charge in [0.25, 0.3) is 0 Å². The number of aliphatic hydroxyl groups is 1. The molecule has 0 spiro atoms. The number of likely N-dealkylation sites (tertiary alicyclic amines) is 1. The minimum atomic E-state index is -0.343. The molecule has 1 fully saturated rings. The van der Waals surface area contributed by atoms with E-state index in [4.69, 9.17) is 4.74 Å². The van der Waals surface area contributed by atoms with Gasteiger partial charge in [-0.05, 0) is 91.0 Å². The number of aliphatic hydroxyl groups excluding tert-OH is 1. The molecule has 14 heteroatoms. The molecule has 1 aromatic heterocycles. The Hall–Kier alpha value is -4.71. The molecule has 398 valence electrons. The fourth-order valence-corrected chi connectivity index (χ4v) is 8.05. The Kier molecular flexibility index (Phi) is 28.1. The number of anilines is 1. The lowest BCUT2D eigenvalue weighted by Gasteiger charge is -2.30. The van der Waals surface area contributed by atoms with Crippen LogP contribution >= 0.6 is 11.8 Å². The Morgan fingerprint density at radius 1 is 0.803 bits per heavy atom. The van der Waals surface area contributed by atoms with Crippen molar-refractivity contribution in [2.24, 2.45) is 23.7 Å². The number of amides is 4. The molecule has 2 atom stereocenters. The number of aromatic nitrogens is 3. The van der Waals surface area contributed by atoms with Gasteiger partial charge in [-0.25, -0.2) is 9.48 Å². The highest BCUT2D eigenvalue weighted by Gasteiger charge is 2.40. The van der Waals surface area contributed by atoms with Crippen molar-refractivity contribution in [1.29, 1.82) is 0 Å². The molecule has 0 saturated carbocycles. The number of nitrogens with one attached hydrogen (secondary N) is 2. The number of hydrogen-bond acceptors (Lipinski definition) is 10. The largest absolute Gasteiger partial charge is 0.447 e. The van der Waals surface area contributed by atoms with Crippen LogP contribution in [0.15, 0.2) is 48.5 Å². The third-order valence-electron chi connectivity index (χ3n) is 10.2. The summed E-state index contributed by atoms with van der Waals surface area (Å²) in [5, 5.41) is 24.5. The molecule has 71 heavy (non-hydrogen) atoms. The predicted molar refractivity (Wildman–Crippen MR) is 296 cm³/mol. The Morgan fingerprint density at radius 3 is 1.80 bits per heavy atom. The number of carbonyl (C=O) groups is 4. The summed E-state index contributed by atoms with van der Waals surface area (Å²) in [6, 6.07) is 16.9. The molecule has 2 aliphatic rings. The highest BCUT2D eigenvalue weighted by Crippen LogP contribution is 2.42. The molecule has 2 aromatic carbocycles. The van der Waals surface area contributed by atoms with Crippen LogP contribution in [0.25, 0.3) is 22.5 Å². The van der Waals surface area contributed by atoms with Gasteiger partial charge in [-0.1, -0.05) is 131 Å². The summed E-state index contributed by atoms with van der Waals surface area (Å²) in [4.78, 5) is 50.5. The van der Waals surface area contributed by atoms with Crippen molar-refractivity contribution in [1.82, 2.24) is 30.5 Å². The molecule has 3 aromatic rings. The van der Waals surface area contributed by atoms with E-state index in [9.17, 15) is 24.3 Å². The lowest BCUT2D eigenvalue weighted by atomic mass is 9.94. The van der Waals surface area contributed by atoms with Gasteiger partial charge in [0.15, 0.2) is 0 Å². The number of alkyl carbamates (subject to hydrolysis) is 1. The topological polar surface area (TPSA) is 159 Å². The molecule has 2 unspecified atom stereocenters. The fraction of sp³-hybridized carbons (Fsp3) is 0.649. The first-order chi connectivity index (χ1) is 32.9. The lowest BCUT2D eigenvalue weighted by molar-refractivity contribution is -0.140. The number of hydrogen-bond donors (Lipinski definition) is 3. The molecule has 5 rings (SSSR count). The van der Waals surface area contributed by atoms with Crippen LogP contribution in [-0.4, -0.2) is 96.2 Å². The zero-order valence-electron chi connectivity index (χ0n) is 47.4. The maximum atomic E-state index is 13.2. The van der Waals surface area contributed by atoms with Crippen molar-refractivity contribution in [2.75, 3.05) is 11.4 Å². The van der Waals surface area contributed by atoms with Gasteiger partial charge in [-0.15, -0.1) is 28.7 Å². The number of thioether (sulfide) groups is 1. The van der Waals surface area contributed by atoms with Crippen molar-refractivity contribution >= 4 is 41.3 Å². The van der Waals surface area contributed by atoms with Crippen LogP contribution in [-0.2, 0) is 31.2 Å². The van der Waals surface area contributed by atoms with E-state index in [-0.39, 0.29) is 58.9 Å². The number of benzene rings is 2. The van der Waals surface area contributed by atoms with Crippen LogP contribution in [0.2, 0.25) is 0 Å². The van der Waals surface area contributed by atoms with Crippen molar-refractivity contribution in [2.45, 2.75) is 211 Å². The quantitative estimate of drug-likeness (QED) is 0.125. The van der Waals surface area contributed by atoms with Gasteiger partial charge in [0.2, 0.25) is 17.7 Å². The van der Waals surface area contributed by atoms with Gasteiger partial charge >= 0.3 is 6.09 Å². The molecule has 2 aliphatic heterocycles. The van der Waals surface area contributed by atoms with E-state index in [2.05, 4.69) is 121 Å². The highest BCUT2D eigenvalue weighted by atomic mass is 32.2. The van der Waals surface area contributed by atoms with Crippen LogP contribution in [0.1, 0.15) is 164 Å². The Balaban J connectivity index is 0.000000502. The molecule has 1 saturated heterocycles.